The first-order valence-corrected chi connectivity index (χ1v) is 8.29. The average Bonchev–Trinajstić information content (AvgIpc) is 2.36. The molecule has 3 nitrogen and oxygen atoms in total. The zero-order valence-electron chi connectivity index (χ0n) is 13.5. The first-order chi connectivity index (χ1) is 9.29. The van der Waals surface area contributed by atoms with Crippen molar-refractivity contribution in [1.82, 2.24) is 4.90 Å². The molecule has 1 fully saturated rings. The van der Waals surface area contributed by atoms with E-state index < -0.39 is 5.41 Å². The predicted octanol–water partition coefficient (Wildman–Crippen LogP) is 3.51. The summed E-state index contributed by atoms with van der Waals surface area (Å²) in [5.41, 5.74) is 5.59. The van der Waals surface area contributed by atoms with Crippen LogP contribution in [0.15, 0.2) is 0 Å². The summed E-state index contributed by atoms with van der Waals surface area (Å²) in [7, 11) is 0. The van der Waals surface area contributed by atoms with Gasteiger partial charge in [-0.25, -0.2) is 0 Å². The van der Waals surface area contributed by atoms with Crippen LogP contribution in [-0.2, 0) is 4.79 Å². The van der Waals surface area contributed by atoms with E-state index in [0.29, 0.717) is 4.99 Å². The molecule has 116 valence electrons. The molecule has 0 aromatic rings. The topological polar surface area (TPSA) is 46.3 Å². The monoisotopic (exact) mass is 298 g/mol. The molecule has 20 heavy (non-hydrogen) atoms. The van der Waals surface area contributed by atoms with Crippen molar-refractivity contribution in [2.45, 2.75) is 66.2 Å². The SMILES string of the molecule is CCCC(CCC)(C(=O)N1CCCC(C)(C)C1)C(N)=S. The van der Waals surface area contributed by atoms with Crippen LogP contribution in [0.25, 0.3) is 0 Å². The van der Waals surface area contributed by atoms with E-state index in [0.717, 1.165) is 45.2 Å². The van der Waals surface area contributed by atoms with E-state index in [1.54, 1.807) is 0 Å². The summed E-state index contributed by atoms with van der Waals surface area (Å²) in [5, 5.41) is 0. The van der Waals surface area contributed by atoms with Crippen molar-refractivity contribution in [2.24, 2.45) is 16.6 Å². The Kier molecular flexibility index (Phi) is 5.99. The normalized spacial score (nSPS) is 18.9. The lowest BCUT2D eigenvalue weighted by molar-refractivity contribution is -0.142. The number of nitrogens with two attached hydrogens (primary N) is 1. The highest BCUT2D eigenvalue weighted by molar-refractivity contribution is 7.80. The molecule has 0 aromatic carbocycles. The van der Waals surface area contributed by atoms with Gasteiger partial charge >= 0.3 is 0 Å². The Morgan fingerprint density at radius 3 is 2.25 bits per heavy atom. The number of likely N-dealkylation sites (tertiary alicyclic amines) is 1. The van der Waals surface area contributed by atoms with Crippen LogP contribution in [0.2, 0.25) is 0 Å². The van der Waals surface area contributed by atoms with Gasteiger partial charge in [-0.1, -0.05) is 52.8 Å². The molecule has 1 aliphatic heterocycles. The number of hydrogen-bond donors (Lipinski definition) is 1. The third-order valence-electron chi connectivity index (χ3n) is 4.42. The standard InChI is InChI=1S/C16H30N2OS/c1-5-8-16(9-6-2,13(17)20)14(19)18-11-7-10-15(3,4)12-18/h5-12H2,1-4H3,(H2,17,20). The maximum absolute atomic E-state index is 13.1. The van der Waals surface area contributed by atoms with Crippen LogP contribution in [0.1, 0.15) is 66.2 Å². The van der Waals surface area contributed by atoms with Crippen LogP contribution < -0.4 is 5.73 Å². The molecule has 4 heteroatoms. The minimum absolute atomic E-state index is 0.168. The van der Waals surface area contributed by atoms with Gasteiger partial charge in [-0.3, -0.25) is 4.79 Å². The Morgan fingerprint density at radius 2 is 1.85 bits per heavy atom. The smallest absolute Gasteiger partial charge is 0.235 e. The molecule has 0 saturated carbocycles. The molecule has 1 aliphatic rings. The number of thiocarbonyl (C=S) groups is 1. The van der Waals surface area contributed by atoms with Gasteiger partial charge in [-0.05, 0) is 31.1 Å². The molecule has 0 unspecified atom stereocenters. The summed E-state index contributed by atoms with van der Waals surface area (Å²) in [6.07, 6.45) is 5.65. The van der Waals surface area contributed by atoms with Crippen LogP contribution in [-0.4, -0.2) is 28.9 Å². The minimum atomic E-state index is -0.619. The summed E-state index contributed by atoms with van der Waals surface area (Å²) in [6.45, 7) is 10.3. The van der Waals surface area contributed by atoms with E-state index in [1.807, 2.05) is 4.90 Å². The summed E-state index contributed by atoms with van der Waals surface area (Å²) < 4.78 is 0. The van der Waals surface area contributed by atoms with Crippen molar-refractivity contribution in [3.05, 3.63) is 0 Å². The molecule has 1 amide bonds. The van der Waals surface area contributed by atoms with Crippen molar-refractivity contribution in [2.75, 3.05) is 13.1 Å². The van der Waals surface area contributed by atoms with E-state index in [9.17, 15) is 4.79 Å². The van der Waals surface area contributed by atoms with Crippen molar-refractivity contribution >= 4 is 23.1 Å². The van der Waals surface area contributed by atoms with E-state index >= 15 is 0 Å². The molecule has 1 heterocycles. The molecular weight excluding hydrogens is 268 g/mol. The highest BCUT2D eigenvalue weighted by Gasteiger charge is 2.44. The van der Waals surface area contributed by atoms with Gasteiger partial charge in [0, 0.05) is 13.1 Å². The molecule has 0 atom stereocenters. The van der Waals surface area contributed by atoms with Crippen LogP contribution in [0, 0.1) is 10.8 Å². The number of hydrogen-bond acceptors (Lipinski definition) is 2. The Bertz CT molecular complexity index is 359. The van der Waals surface area contributed by atoms with E-state index in [2.05, 4.69) is 27.7 Å². The Labute approximate surface area is 129 Å². The molecule has 2 N–H and O–H groups in total. The van der Waals surface area contributed by atoms with Gasteiger partial charge < -0.3 is 10.6 Å². The predicted molar refractivity (Wildman–Crippen MR) is 88.6 cm³/mol. The number of rotatable bonds is 6. The summed E-state index contributed by atoms with van der Waals surface area (Å²) in [6, 6.07) is 0. The fourth-order valence-corrected chi connectivity index (χ4v) is 3.73. The van der Waals surface area contributed by atoms with Crippen molar-refractivity contribution in [3.63, 3.8) is 0 Å². The fourth-order valence-electron chi connectivity index (χ4n) is 3.44. The number of nitrogens with zero attached hydrogens (tertiary/aromatic N) is 1. The lowest BCUT2D eigenvalue weighted by atomic mass is 9.76. The van der Waals surface area contributed by atoms with E-state index in [1.165, 1.54) is 6.42 Å². The van der Waals surface area contributed by atoms with Gasteiger partial charge in [0.25, 0.3) is 0 Å². The molecule has 0 aromatic heterocycles. The zero-order chi connectivity index (χ0) is 15.4. The summed E-state index contributed by atoms with van der Waals surface area (Å²) in [4.78, 5) is 15.5. The maximum Gasteiger partial charge on any atom is 0.235 e. The van der Waals surface area contributed by atoms with Crippen molar-refractivity contribution in [3.8, 4) is 0 Å². The van der Waals surface area contributed by atoms with Crippen LogP contribution in [0.4, 0.5) is 0 Å². The Morgan fingerprint density at radius 1 is 1.30 bits per heavy atom. The summed E-state index contributed by atoms with van der Waals surface area (Å²) in [5.74, 6) is 0.168. The molecule has 1 saturated heterocycles. The second kappa shape index (κ2) is 6.88. The number of carbonyl (C=O) groups is 1. The largest absolute Gasteiger partial charge is 0.392 e. The van der Waals surface area contributed by atoms with Gasteiger partial charge in [0.15, 0.2) is 0 Å². The van der Waals surface area contributed by atoms with E-state index in [-0.39, 0.29) is 11.3 Å². The van der Waals surface area contributed by atoms with Crippen LogP contribution >= 0.6 is 12.2 Å². The minimum Gasteiger partial charge on any atom is -0.392 e. The first-order valence-electron chi connectivity index (χ1n) is 7.88. The third kappa shape index (κ3) is 3.72. The van der Waals surface area contributed by atoms with Crippen molar-refractivity contribution in [1.29, 1.82) is 0 Å². The number of carbonyl (C=O) groups excluding carboxylic acids is 1. The molecule has 0 radical (unpaired) electrons. The van der Waals surface area contributed by atoms with Crippen LogP contribution in [0.5, 0.6) is 0 Å². The van der Waals surface area contributed by atoms with Crippen molar-refractivity contribution < 1.29 is 4.79 Å². The second-order valence-corrected chi connectivity index (χ2v) is 7.38. The quantitative estimate of drug-likeness (QED) is 0.763. The van der Waals surface area contributed by atoms with E-state index in [4.69, 9.17) is 18.0 Å². The average molecular weight is 298 g/mol. The molecule has 0 bridgehead atoms. The lowest BCUT2D eigenvalue weighted by Crippen LogP contribution is -2.54. The third-order valence-corrected chi connectivity index (χ3v) is 4.81. The fraction of sp³-hybridized carbons (Fsp3) is 0.875. The number of amides is 1. The second-order valence-electron chi connectivity index (χ2n) is 6.94. The molecule has 0 spiro atoms. The van der Waals surface area contributed by atoms with Gasteiger partial charge in [-0.2, -0.15) is 0 Å². The Balaban J connectivity index is 3.00. The highest BCUT2D eigenvalue weighted by atomic mass is 32.1. The molecular formula is C16H30N2OS. The van der Waals surface area contributed by atoms with Gasteiger partial charge in [0.05, 0.1) is 10.4 Å². The Hall–Kier alpha value is -0.640. The zero-order valence-corrected chi connectivity index (χ0v) is 14.3. The molecule has 0 aliphatic carbocycles. The summed E-state index contributed by atoms with van der Waals surface area (Å²) >= 11 is 5.29. The van der Waals surface area contributed by atoms with Gasteiger partial charge in [-0.15, -0.1) is 0 Å². The lowest BCUT2D eigenvalue weighted by Gasteiger charge is -2.43. The molecule has 1 rings (SSSR count). The first kappa shape index (κ1) is 17.4. The number of piperidine rings is 1. The maximum atomic E-state index is 13.1. The van der Waals surface area contributed by atoms with Gasteiger partial charge in [0.1, 0.15) is 0 Å². The highest BCUT2D eigenvalue weighted by Crippen LogP contribution is 2.36. The van der Waals surface area contributed by atoms with Gasteiger partial charge in [0.2, 0.25) is 5.91 Å². The van der Waals surface area contributed by atoms with Crippen LogP contribution in [0.3, 0.4) is 0 Å².